The molecule has 3 fully saturated rings. The van der Waals surface area contributed by atoms with Crippen molar-refractivity contribution in [2.24, 2.45) is 5.92 Å². The number of hydrogen-bond donors (Lipinski definition) is 0. The van der Waals surface area contributed by atoms with E-state index in [0.717, 1.165) is 5.92 Å². The second kappa shape index (κ2) is 8.50. The van der Waals surface area contributed by atoms with Gasteiger partial charge in [0.05, 0.1) is 0 Å². The lowest BCUT2D eigenvalue weighted by molar-refractivity contribution is 0.211. The Kier molecular flexibility index (Phi) is 6.38. The molecule has 3 aliphatic heterocycles. The molecule has 3 nitrogen and oxygen atoms in total. The Labute approximate surface area is 131 Å². The summed E-state index contributed by atoms with van der Waals surface area (Å²) < 4.78 is 0. The van der Waals surface area contributed by atoms with Crippen LogP contribution < -0.4 is 0 Å². The second-order valence-corrected chi connectivity index (χ2v) is 7.55. The van der Waals surface area contributed by atoms with E-state index in [2.05, 4.69) is 14.7 Å². The van der Waals surface area contributed by atoms with E-state index in [4.69, 9.17) is 0 Å². The molecule has 0 aromatic heterocycles. The first-order chi connectivity index (χ1) is 10.4. The van der Waals surface area contributed by atoms with E-state index < -0.39 is 0 Å². The highest BCUT2D eigenvalue weighted by atomic mass is 15.2. The van der Waals surface area contributed by atoms with Crippen LogP contribution in [0.2, 0.25) is 0 Å². The molecule has 0 atom stereocenters. The fourth-order valence-electron chi connectivity index (χ4n) is 4.40. The van der Waals surface area contributed by atoms with E-state index in [1.165, 1.54) is 110 Å². The van der Waals surface area contributed by atoms with Crippen LogP contribution in [0.25, 0.3) is 0 Å². The van der Waals surface area contributed by atoms with Crippen molar-refractivity contribution in [3.05, 3.63) is 0 Å². The third-order valence-electron chi connectivity index (χ3n) is 5.82. The van der Waals surface area contributed by atoms with Crippen molar-refractivity contribution < 1.29 is 0 Å². The Morgan fingerprint density at radius 3 is 1.33 bits per heavy atom. The minimum Gasteiger partial charge on any atom is -0.303 e. The zero-order valence-corrected chi connectivity index (χ0v) is 13.9. The largest absolute Gasteiger partial charge is 0.303 e. The monoisotopic (exact) mass is 293 g/mol. The summed E-state index contributed by atoms with van der Waals surface area (Å²) in [6.45, 7) is 12.3. The maximum Gasteiger partial charge on any atom is 0.00106 e. The van der Waals surface area contributed by atoms with Crippen LogP contribution >= 0.6 is 0 Å². The highest BCUT2D eigenvalue weighted by molar-refractivity contribution is 4.76. The molecule has 0 spiro atoms. The number of likely N-dealkylation sites (tertiary alicyclic amines) is 3. The first kappa shape index (κ1) is 15.8. The summed E-state index contributed by atoms with van der Waals surface area (Å²) in [7, 11) is 0. The number of hydrogen-bond acceptors (Lipinski definition) is 3. The molecule has 0 aromatic carbocycles. The first-order valence-electron chi connectivity index (χ1n) is 9.57. The molecule has 0 N–H and O–H groups in total. The molecule has 0 radical (unpaired) electrons. The Balaban J connectivity index is 1.41. The third kappa shape index (κ3) is 5.22. The quantitative estimate of drug-likeness (QED) is 0.681. The van der Waals surface area contributed by atoms with Crippen molar-refractivity contribution in [2.45, 2.75) is 51.4 Å². The van der Waals surface area contributed by atoms with Gasteiger partial charge in [-0.2, -0.15) is 0 Å². The topological polar surface area (TPSA) is 9.72 Å². The van der Waals surface area contributed by atoms with Gasteiger partial charge in [-0.1, -0.05) is 0 Å². The summed E-state index contributed by atoms with van der Waals surface area (Å²) in [5, 5.41) is 0. The van der Waals surface area contributed by atoms with E-state index in [0.29, 0.717) is 0 Å². The van der Waals surface area contributed by atoms with E-state index in [9.17, 15) is 0 Å². The molecular formula is C18H35N3. The number of nitrogens with zero attached hydrogens (tertiary/aromatic N) is 3. The molecule has 3 heterocycles. The SMILES string of the molecule is C1CCN(CCC(CCN2CCCC2)CN2CCCC2)C1. The molecule has 21 heavy (non-hydrogen) atoms. The Morgan fingerprint density at radius 2 is 0.905 bits per heavy atom. The van der Waals surface area contributed by atoms with Crippen LogP contribution in [0.3, 0.4) is 0 Å². The van der Waals surface area contributed by atoms with E-state index in [1.54, 1.807) is 0 Å². The summed E-state index contributed by atoms with van der Waals surface area (Å²) in [5.74, 6) is 0.935. The summed E-state index contributed by atoms with van der Waals surface area (Å²) in [6, 6.07) is 0. The summed E-state index contributed by atoms with van der Waals surface area (Å²) in [6.07, 6.45) is 11.5. The first-order valence-corrected chi connectivity index (χ1v) is 9.57. The average Bonchev–Trinajstić information content (AvgIpc) is 3.24. The lowest BCUT2D eigenvalue weighted by Gasteiger charge is -2.27. The van der Waals surface area contributed by atoms with Gasteiger partial charge in [0.2, 0.25) is 0 Å². The maximum absolute atomic E-state index is 2.73. The van der Waals surface area contributed by atoms with Gasteiger partial charge in [0.25, 0.3) is 0 Å². The van der Waals surface area contributed by atoms with Crippen LogP contribution in [0.4, 0.5) is 0 Å². The Morgan fingerprint density at radius 1 is 0.524 bits per heavy atom. The lowest BCUT2D eigenvalue weighted by Crippen LogP contribution is -2.32. The molecular weight excluding hydrogens is 258 g/mol. The summed E-state index contributed by atoms with van der Waals surface area (Å²) in [5.41, 5.74) is 0. The van der Waals surface area contributed by atoms with Crippen LogP contribution in [0, 0.1) is 5.92 Å². The van der Waals surface area contributed by atoms with Crippen LogP contribution in [-0.4, -0.2) is 73.6 Å². The van der Waals surface area contributed by atoms with Crippen LogP contribution in [0.5, 0.6) is 0 Å². The summed E-state index contributed by atoms with van der Waals surface area (Å²) in [4.78, 5) is 8.14. The van der Waals surface area contributed by atoms with Gasteiger partial charge in [0.15, 0.2) is 0 Å². The second-order valence-electron chi connectivity index (χ2n) is 7.55. The van der Waals surface area contributed by atoms with E-state index in [1.807, 2.05) is 0 Å². The lowest BCUT2D eigenvalue weighted by atomic mass is 10.00. The van der Waals surface area contributed by atoms with E-state index >= 15 is 0 Å². The van der Waals surface area contributed by atoms with Gasteiger partial charge in [-0.3, -0.25) is 0 Å². The minimum atomic E-state index is 0.935. The normalized spacial score (nSPS) is 25.6. The zero-order valence-electron chi connectivity index (χ0n) is 13.9. The van der Waals surface area contributed by atoms with Crippen molar-refractivity contribution >= 4 is 0 Å². The van der Waals surface area contributed by atoms with Gasteiger partial charge in [-0.05, 0) is 110 Å². The molecule has 0 unspecified atom stereocenters. The highest BCUT2D eigenvalue weighted by Gasteiger charge is 2.21. The summed E-state index contributed by atoms with van der Waals surface area (Å²) >= 11 is 0. The fourth-order valence-corrected chi connectivity index (χ4v) is 4.40. The standard InChI is InChI=1S/C18H35N3/c1-2-10-19(9-1)15-7-18(17-21-13-5-6-14-21)8-16-20-11-3-4-12-20/h18H,1-17H2. The van der Waals surface area contributed by atoms with Gasteiger partial charge in [0.1, 0.15) is 0 Å². The highest BCUT2D eigenvalue weighted by Crippen LogP contribution is 2.19. The van der Waals surface area contributed by atoms with Crippen LogP contribution in [0.15, 0.2) is 0 Å². The van der Waals surface area contributed by atoms with Gasteiger partial charge in [-0.25, -0.2) is 0 Å². The van der Waals surface area contributed by atoms with Crippen molar-refractivity contribution in [3.8, 4) is 0 Å². The predicted molar refractivity (Wildman–Crippen MR) is 89.7 cm³/mol. The molecule has 0 aromatic rings. The minimum absolute atomic E-state index is 0.935. The smallest absolute Gasteiger partial charge is 0.00106 e. The Hall–Kier alpha value is -0.120. The van der Waals surface area contributed by atoms with Gasteiger partial charge >= 0.3 is 0 Å². The van der Waals surface area contributed by atoms with Gasteiger partial charge < -0.3 is 14.7 Å². The van der Waals surface area contributed by atoms with Gasteiger partial charge in [0, 0.05) is 6.54 Å². The fraction of sp³-hybridized carbons (Fsp3) is 1.00. The van der Waals surface area contributed by atoms with Crippen molar-refractivity contribution in [3.63, 3.8) is 0 Å². The van der Waals surface area contributed by atoms with Gasteiger partial charge in [-0.15, -0.1) is 0 Å². The third-order valence-corrected chi connectivity index (χ3v) is 5.82. The van der Waals surface area contributed by atoms with Crippen LogP contribution in [0.1, 0.15) is 51.4 Å². The zero-order chi connectivity index (χ0) is 14.3. The average molecular weight is 293 g/mol. The molecule has 3 aliphatic rings. The molecule has 122 valence electrons. The maximum atomic E-state index is 2.73. The molecule has 0 bridgehead atoms. The van der Waals surface area contributed by atoms with Crippen molar-refractivity contribution in [2.75, 3.05) is 58.9 Å². The Bertz CT molecular complexity index is 256. The van der Waals surface area contributed by atoms with Crippen LogP contribution in [-0.2, 0) is 0 Å². The molecule has 3 rings (SSSR count). The predicted octanol–water partition coefficient (Wildman–Crippen LogP) is 2.67. The van der Waals surface area contributed by atoms with Crippen molar-refractivity contribution in [1.29, 1.82) is 0 Å². The van der Waals surface area contributed by atoms with Crippen molar-refractivity contribution in [1.82, 2.24) is 14.7 Å². The molecule has 3 heteroatoms. The molecule has 3 saturated heterocycles. The molecule has 0 aliphatic carbocycles. The molecule has 0 amide bonds. The molecule has 0 saturated carbocycles. The number of rotatable bonds is 8. The van der Waals surface area contributed by atoms with E-state index in [-0.39, 0.29) is 0 Å².